The van der Waals surface area contributed by atoms with E-state index < -0.39 is 52.0 Å². The minimum atomic E-state index is -2.59. The molecule has 0 radical (unpaired) electrons. The van der Waals surface area contributed by atoms with Crippen LogP contribution in [-0.4, -0.2) is 60.5 Å². The number of carbonyl (C=O) groups excluding carboxylic acids is 3. The van der Waals surface area contributed by atoms with Crippen molar-refractivity contribution in [2.45, 2.75) is 84.9 Å². The van der Waals surface area contributed by atoms with Crippen molar-refractivity contribution in [2.24, 2.45) is 23.0 Å². The summed E-state index contributed by atoms with van der Waals surface area (Å²) < 4.78 is 0. The third kappa shape index (κ3) is 4.72. The van der Waals surface area contributed by atoms with E-state index in [9.17, 15) is 34.8 Å². The predicted octanol–water partition coefficient (Wildman–Crippen LogP) is 4.27. The fourth-order valence-corrected chi connectivity index (χ4v) is 7.49. The second-order valence-electron chi connectivity index (χ2n) is 13.2. The van der Waals surface area contributed by atoms with Crippen LogP contribution in [0.4, 0.5) is 0 Å². The highest BCUT2D eigenvalue weighted by molar-refractivity contribution is 6.33. The SMILES string of the molecule is CCN(Cc1cc(O)c2c(c1Cl)CC1C[C@H]3CC(O)=C(C(N)=O)C(=O)[C@@]3(O)C(O)=C1C2=O)C(C)(C)CC(C)(C)C. The number of phenols is 1. The van der Waals surface area contributed by atoms with Gasteiger partial charge in [-0.15, -0.1) is 0 Å². The lowest BCUT2D eigenvalue weighted by molar-refractivity contribution is -0.144. The number of allylic oxidation sites excluding steroid dienone is 2. The minimum Gasteiger partial charge on any atom is -0.511 e. The summed E-state index contributed by atoms with van der Waals surface area (Å²) in [6.45, 7) is 14.1. The third-order valence-electron chi connectivity index (χ3n) is 8.63. The Morgan fingerprint density at radius 2 is 1.77 bits per heavy atom. The number of ketones is 2. The highest BCUT2D eigenvalue weighted by Gasteiger charge is 2.59. The largest absolute Gasteiger partial charge is 0.511 e. The van der Waals surface area contributed by atoms with Crippen LogP contribution in [0.3, 0.4) is 0 Å². The summed E-state index contributed by atoms with van der Waals surface area (Å²) in [5, 5.41) is 44.3. The fourth-order valence-electron chi connectivity index (χ4n) is 7.21. The van der Waals surface area contributed by atoms with Gasteiger partial charge >= 0.3 is 0 Å². The number of Topliss-reactive ketones (excluding diaryl/α,β-unsaturated/α-hetero) is 2. The van der Waals surface area contributed by atoms with Crippen molar-refractivity contribution >= 4 is 29.1 Å². The molecule has 0 aromatic heterocycles. The molecule has 3 atom stereocenters. The van der Waals surface area contributed by atoms with Crippen LogP contribution >= 0.6 is 11.6 Å². The predicted molar refractivity (Wildman–Crippen MR) is 150 cm³/mol. The number of primary amides is 1. The van der Waals surface area contributed by atoms with Crippen LogP contribution in [0.5, 0.6) is 5.75 Å². The van der Waals surface area contributed by atoms with Crippen LogP contribution < -0.4 is 5.73 Å². The Morgan fingerprint density at radius 3 is 2.33 bits per heavy atom. The number of hydrogen-bond acceptors (Lipinski definition) is 8. The van der Waals surface area contributed by atoms with Gasteiger partial charge in [-0.05, 0) is 68.2 Å². The Hall–Kier alpha value is -2.88. The van der Waals surface area contributed by atoms with Crippen molar-refractivity contribution < 1.29 is 34.8 Å². The van der Waals surface area contributed by atoms with Gasteiger partial charge in [-0.1, -0.05) is 39.3 Å². The summed E-state index contributed by atoms with van der Waals surface area (Å²) in [5.74, 6) is -6.58. The van der Waals surface area contributed by atoms with E-state index in [0.717, 1.165) is 13.0 Å². The van der Waals surface area contributed by atoms with Crippen molar-refractivity contribution in [1.29, 1.82) is 0 Å². The lowest BCUT2D eigenvalue weighted by Crippen LogP contribution is -2.57. The number of halogens is 1. The molecule has 0 heterocycles. The van der Waals surface area contributed by atoms with Crippen LogP contribution in [0.2, 0.25) is 5.02 Å². The number of rotatable bonds is 6. The molecule has 4 rings (SSSR count). The average molecular weight is 575 g/mol. The molecule has 0 saturated heterocycles. The molecule has 3 aliphatic carbocycles. The van der Waals surface area contributed by atoms with Crippen molar-refractivity contribution in [3.8, 4) is 5.75 Å². The van der Waals surface area contributed by atoms with E-state index in [0.29, 0.717) is 22.7 Å². The quantitative estimate of drug-likeness (QED) is 0.315. The standard InChI is InChI=1S/C30H39ClN2O7/c1-7-33(29(5,6)13-28(2,3)4)12-15-10-18(34)21-17(23(15)31)9-14-8-16-11-19(35)22(27(32)39)26(38)30(16,40)25(37)20(14)24(21)36/h10,14,16,34-35,37,40H,7-9,11-13H2,1-6H3,(H2,32,39)/t14?,16-,30-/m0/s1. The Labute approximate surface area is 239 Å². The molecule has 218 valence electrons. The molecule has 1 aromatic carbocycles. The number of benzene rings is 1. The zero-order valence-corrected chi connectivity index (χ0v) is 24.6. The Balaban J connectivity index is 1.77. The first-order valence-electron chi connectivity index (χ1n) is 13.6. The molecule has 0 fully saturated rings. The van der Waals surface area contributed by atoms with Crippen LogP contribution in [-0.2, 0) is 22.6 Å². The zero-order valence-electron chi connectivity index (χ0n) is 23.9. The first-order chi connectivity index (χ1) is 18.3. The van der Waals surface area contributed by atoms with Crippen LogP contribution in [0.1, 0.15) is 82.3 Å². The van der Waals surface area contributed by atoms with E-state index in [-0.39, 0.29) is 47.1 Å². The minimum absolute atomic E-state index is 0.0595. The van der Waals surface area contributed by atoms with Gasteiger partial charge in [-0.25, -0.2) is 0 Å². The molecule has 1 unspecified atom stereocenters. The molecule has 40 heavy (non-hydrogen) atoms. The summed E-state index contributed by atoms with van der Waals surface area (Å²) >= 11 is 6.91. The van der Waals surface area contributed by atoms with Gasteiger partial charge in [0.25, 0.3) is 5.91 Å². The molecule has 1 amide bonds. The molecule has 0 aliphatic heterocycles. The Morgan fingerprint density at radius 1 is 1.15 bits per heavy atom. The normalized spacial score (nSPS) is 25.2. The van der Waals surface area contributed by atoms with Crippen LogP contribution in [0, 0.1) is 17.3 Å². The zero-order chi connectivity index (χ0) is 30.1. The molecule has 0 spiro atoms. The number of aliphatic hydroxyl groups excluding tert-OH is 2. The summed E-state index contributed by atoms with van der Waals surface area (Å²) in [7, 11) is 0. The highest BCUT2D eigenvalue weighted by Crippen LogP contribution is 2.52. The van der Waals surface area contributed by atoms with E-state index >= 15 is 0 Å². The third-order valence-corrected chi connectivity index (χ3v) is 9.10. The van der Waals surface area contributed by atoms with E-state index in [2.05, 4.69) is 46.4 Å². The highest BCUT2D eigenvalue weighted by atomic mass is 35.5. The maximum atomic E-state index is 13.7. The first-order valence-corrected chi connectivity index (χ1v) is 14.0. The van der Waals surface area contributed by atoms with E-state index in [1.165, 1.54) is 6.07 Å². The van der Waals surface area contributed by atoms with Crippen LogP contribution in [0.15, 0.2) is 28.7 Å². The number of nitrogens with two attached hydrogens (primary N) is 1. The molecule has 1 aromatic rings. The number of aromatic hydroxyl groups is 1. The molecule has 10 heteroatoms. The van der Waals surface area contributed by atoms with Crippen molar-refractivity contribution in [1.82, 2.24) is 4.90 Å². The molecule has 9 nitrogen and oxygen atoms in total. The maximum Gasteiger partial charge on any atom is 0.255 e. The van der Waals surface area contributed by atoms with E-state index in [1.54, 1.807) is 0 Å². The first kappa shape index (κ1) is 30.1. The average Bonchev–Trinajstić information content (AvgIpc) is 2.80. The van der Waals surface area contributed by atoms with Gasteiger partial charge in [-0.2, -0.15) is 0 Å². The van der Waals surface area contributed by atoms with Gasteiger partial charge in [0.2, 0.25) is 5.78 Å². The van der Waals surface area contributed by atoms with E-state index in [4.69, 9.17) is 17.3 Å². The van der Waals surface area contributed by atoms with Gasteiger partial charge in [0.15, 0.2) is 11.4 Å². The lowest BCUT2D eigenvalue weighted by atomic mass is 9.60. The van der Waals surface area contributed by atoms with Gasteiger partial charge in [0, 0.05) is 35.0 Å². The van der Waals surface area contributed by atoms with Crippen molar-refractivity contribution in [3.05, 3.63) is 50.4 Å². The number of carbonyl (C=O) groups is 3. The van der Waals surface area contributed by atoms with Crippen molar-refractivity contribution in [2.75, 3.05) is 6.54 Å². The maximum absolute atomic E-state index is 13.7. The van der Waals surface area contributed by atoms with Gasteiger partial charge in [-0.3, -0.25) is 19.3 Å². The van der Waals surface area contributed by atoms with Crippen LogP contribution in [0.25, 0.3) is 0 Å². The summed E-state index contributed by atoms with van der Waals surface area (Å²) in [6, 6.07) is 1.46. The van der Waals surface area contributed by atoms with Gasteiger partial charge < -0.3 is 26.2 Å². The molecule has 3 aliphatic rings. The second kappa shape index (κ2) is 9.89. The van der Waals surface area contributed by atoms with Gasteiger partial charge in [0.05, 0.1) is 5.56 Å². The number of hydrogen-bond donors (Lipinski definition) is 5. The number of nitrogens with zero attached hydrogens (tertiary/aromatic N) is 1. The summed E-state index contributed by atoms with van der Waals surface area (Å²) in [5.41, 5.74) is 2.59. The lowest BCUT2D eigenvalue weighted by Gasteiger charge is -2.45. The summed E-state index contributed by atoms with van der Waals surface area (Å²) in [4.78, 5) is 40.9. The van der Waals surface area contributed by atoms with E-state index in [1.807, 2.05) is 0 Å². The topological polar surface area (TPSA) is 161 Å². The summed E-state index contributed by atoms with van der Waals surface area (Å²) in [6.07, 6.45) is 0.872. The number of fused-ring (bicyclic) bond motifs is 3. The number of aliphatic hydroxyl groups is 3. The fraction of sp³-hybridized carbons (Fsp3) is 0.567. The monoisotopic (exact) mass is 574 g/mol. The van der Waals surface area contributed by atoms with Crippen molar-refractivity contribution in [3.63, 3.8) is 0 Å². The molecule has 0 bridgehead atoms. The van der Waals surface area contributed by atoms with Gasteiger partial charge in [0.1, 0.15) is 22.8 Å². The Bertz CT molecular complexity index is 1370. The smallest absolute Gasteiger partial charge is 0.255 e. The number of amides is 1. The second-order valence-corrected chi connectivity index (χ2v) is 13.6. The molecule has 0 saturated carbocycles. The molecule has 6 N–H and O–H groups in total. The molecular formula is C30H39ClN2O7. The molecular weight excluding hydrogens is 536 g/mol. The number of phenolic OH excluding ortho intramolecular Hbond substituents is 1. The Kier molecular flexibility index (Phi) is 7.44.